The molecule has 0 saturated heterocycles. The van der Waals surface area contributed by atoms with Crippen molar-refractivity contribution in [1.82, 2.24) is 0 Å². The SMILES string of the molecule is N#Cc1ccc(C(O)(C(F)F)C(F)F)cc1. The van der Waals surface area contributed by atoms with Crippen molar-refractivity contribution in [2.75, 3.05) is 0 Å². The first-order valence-corrected chi connectivity index (χ1v) is 4.22. The standard InChI is InChI=1S/C10H7F4NO/c11-8(12)10(16,9(13)14)7-3-1-6(5-15)2-4-7/h1-4,8-9,16H. The average Bonchev–Trinajstić information content (AvgIpc) is 2.27. The molecule has 1 rings (SSSR count). The Morgan fingerprint density at radius 3 is 1.81 bits per heavy atom. The molecule has 0 atom stereocenters. The summed E-state index contributed by atoms with van der Waals surface area (Å²) in [6.07, 6.45) is -7.22. The summed E-state index contributed by atoms with van der Waals surface area (Å²) in [5.41, 5.74) is -3.97. The molecule has 1 aromatic carbocycles. The summed E-state index contributed by atoms with van der Waals surface area (Å²) in [6, 6.07) is 5.66. The predicted octanol–water partition coefficient (Wildman–Crippen LogP) is 2.28. The second kappa shape index (κ2) is 4.49. The fraction of sp³-hybridized carbons (Fsp3) is 0.300. The molecule has 1 aromatic rings. The highest BCUT2D eigenvalue weighted by Gasteiger charge is 2.48. The van der Waals surface area contributed by atoms with Gasteiger partial charge in [0.15, 0.2) is 0 Å². The number of alkyl halides is 4. The van der Waals surface area contributed by atoms with E-state index in [1.165, 1.54) is 0 Å². The molecule has 0 fully saturated rings. The van der Waals surface area contributed by atoms with Crippen molar-refractivity contribution >= 4 is 0 Å². The largest absolute Gasteiger partial charge is 0.374 e. The van der Waals surface area contributed by atoms with E-state index in [4.69, 9.17) is 5.26 Å². The van der Waals surface area contributed by atoms with Gasteiger partial charge in [-0.3, -0.25) is 0 Å². The van der Waals surface area contributed by atoms with Crippen LogP contribution in [0.3, 0.4) is 0 Å². The van der Waals surface area contributed by atoms with Crippen molar-refractivity contribution < 1.29 is 22.7 Å². The van der Waals surface area contributed by atoms with E-state index in [1.54, 1.807) is 6.07 Å². The van der Waals surface area contributed by atoms with Crippen molar-refractivity contribution in [3.05, 3.63) is 35.4 Å². The van der Waals surface area contributed by atoms with Crippen LogP contribution in [0.4, 0.5) is 17.6 Å². The fourth-order valence-electron chi connectivity index (χ4n) is 1.16. The van der Waals surface area contributed by atoms with Crippen LogP contribution in [0.25, 0.3) is 0 Å². The Kier molecular flexibility index (Phi) is 3.50. The van der Waals surface area contributed by atoms with E-state index >= 15 is 0 Å². The Morgan fingerprint density at radius 1 is 1.06 bits per heavy atom. The summed E-state index contributed by atoms with van der Waals surface area (Å²) in [5.74, 6) is 0. The Morgan fingerprint density at radius 2 is 1.50 bits per heavy atom. The number of nitriles is 1. The van der Waals surface area contributed by atoms with Crippen molar-refractivity contribution in [2.24, 2.45) is 0 Å². The third-order valence-electron chi connectivity index (χ3n) is 2.14. The van der Waals surface area contributed by atoms with Gasteiger partial charge in [-0.25, -0.2) is 17.6 Å². The van der Waals surface area contributed by atoms with Crippen LogP contribution in [0.1, 0.15) is 11.1 Å². The van der Waals surface area contributed by atoms with Crippen LogP contribution in [0, 0.1) is 11.3 Å². The zero-order valence-electron chi connectivity index (χ0n) is 7.87. The number of nitrogens with zero attached hydrogens (tertiary/aromatic N) is 1. The van der Waals surface area contributed by atoms with Gasteiger partial charge >= 0.3 is 0 Å². The molecule has 86 valence electrons. The molecular formula is C10H7F4NO. The highest BCUT2D eigenvalue weighted by Crippen LogP contribution is 2.34. The first-order valence-electron chi connectivity index (χ1n) is 4.22. The van der Waals surface area contributed by atoms with Crippen molar-refractivity contribution in [3.63, 3.8) is 0 Å². The maximum absolute atomic E-state index is 12.4. The van der Waals surface area contributed by atoms with E-state index in [0.717, 1.165) is 24.3 Å². The molecule has 0 unspecified atom stereocenters. The van der Waals surface area contributed by atoms with Crippen LogP contribution in [0.15, 0.2) is 24.3 Å². The summed E-state index contributed by atoms with van der Waals surface area (Å²) >= 11 is 0. The number of rotatable bonds is 3. The maximum atomic E-state index is 12.4. The third-order valence-corrected chi connectivity index (χ3v) is 2.14. The Bertz CT molecular complexity index is 388. The molecule has 2 nitrogen and oxygen atoms in total. The quantitative estimate of drug-likeness (QED) is 0.814. The van der Waals surface area contributed by atoms with Crippen LogP contribution < -0.4 is 0 Å². The zero-order chi connectivity index (χ0) is 12.3. The van der Waals surface area contributed by atoms with E-state index in [9.17, 15) is 22.7 Å². The second-order valence-corrected chi connectivity index (χ2v) is 3.12. The van der Waals surface area contributed by atoms with Crippen molar-refractivity contribution in [3.8, 4) is 6.07 Å². The molecule has 0 radical (unpaired) electrons. The molecule has 1 N–H and O–H groups in total. The molecule has 0 saturated carbocycles. The number of aliphatic hydroxyl groups is 1. The van der Waals surface area contributed by atoms with E-state index in [0.29, 0.717) is 0 Å². The van der Waals surface area contributed by atoms with Crippen LogP contribution >= 0.6 is 0 Å². The first-order chi connectivity index (χ1) is 7.42. The summed E-state index contributed by atoms with van der Waals surface area (Å²) < 4.78 is 49.6. The van der Waals surface area contributed by atoms with Gasteiger partial charge in [0.2, 0.25) is 5.60 Å². The Hall–Kier alpha value is -1.61. The number of hydrogen-bond acceptors (Lipinski definition) is 2. The summed E-state index contributed by atoms with van der Waals surface area (Å²) in [6.45, 7) is 0. The van der Waals surface area contributed by atoms with Crippen LogP contribution in [0.5, 0.6) is 0 Å². The monoisotopic (exact) mass is 233 g/mol. The summed E-state index contributed by atoms with van der Waals surface area (Å²) in [5, 5.41) is 17.7. The van der Waals surface area contributed by atoms with E-state index in [1.807, 2.05) is 0 Å². The van der Waals surface area contributed by atoms with Crippen LogP contribution in [-0.2, 0) is 5.60 Å². The lowest BCUT2D eigenvalue weighted by Crippen LogP contribution is -2.41. The maximum Gasteiger partial charge on any atom is 0.276 e. The molecule has 0 bridgehead atoms. The van der Waals surface area contributed by atoms with Gasteiger partial charge in [0.05, 0.1) is 11.6 Å². The van der Waals surface area contributed by atoms with Gasteiger partial charge in [0, 0.05) is 0 Å². The molecule has 0 amide bonds. The minimum atomic E-state index is -3.61. The van der Waals surface area contributed by atoms with Gasteiger partial charge in [-0.1, -0.05) is 12.1 Å². The lowest BCUT2D eigenvalue weighted by molar-refractivity contribution is -0.183. The van der Waals surface area contributed by atoms with Gasteiger partial charge in [0.1, 0.15) is 0 Å². The number of hydrogen-bond donors (Lipinski definition) is 1. The Labute approximate surface area is 88.7 Å². The molecule has 6 heteroatoms. The zero-order valence-corrected chi connectivity index (χ0v) is 7.87. The molecule has 0 spiro atoms. The molecular weight excluding hydrogens is 226 g/mol. The highest BCUT2D eigenvalue weighted by molar-refractivity contribution is 5.34. The van der Waals surface area contributed by atoms with Gasteiger partial charge in [0.25, 0.3) is 12.9 Å². The van der Waals surface area contributed by atoms with Crippen LogP contribution in [0.2, 0.25) is 0 Å². The predicted molar refractivity (Wildman–Crippen MR) is 47.1 cm³/mol. The topological polar surface area (TPSA) is 44.0 Å². The lowest BCUT2D eigenvalue weighted by atomic mass is 9.94. The lowest BCUT2D eigenvalue weighted by Gasteiger charge is -2.26. The van der Waals surface area contributed by atoms with Gasteiger partial charge in [-0.05, 0) is 17.7 Å². The van der Waals surface area contributed by atoms with Crippen LogP contribution in [-0.4, -0.2) is 18.0 Å². The smallest absolute Gasteiger partial charge is 0.276 e. The molecule has 0 aliphatic carbocycles. The van der Waals surface area contributed by atoms with Crippen molar-refractivity contribution in [1.29, 1.82) is 5.26 Å². The fourth-order valence-corrected chi connectivity index (χ4v) is 1.16. The summed E-state index contributed by atoms with van der Waals surface area (Å²) in [7, 11) is 0. The highest BCUT2D eigenvalue weighted by atomic mass is 19.3. The second-order valence-electron chi connectivity index (χ2n) is 3.12. The molecule has 16 heavy (non-hydrogen) atoms. The molecule has 0 aliphatic heterocycles. The molecule has 0 aliphatic rings. The van der Waals surface area contributed by atoms with Gasteiger partial charge in [-0.2, -0.15) is 5.26 Å². The third kappa shape index (κ3) is 1.99. The van der Waals surface area contributed by atoms with Crippen molar-refractivity contribution in [2.45, 2.75) is 18.5 Å². The average molecular weight is 233 g/mol. The summed E-state index contributed by atoms with van der Waals surface area (Å²) in [4.78, 5) is 0. The minimum Gasteiger partial charge on any atom is -0.374 e. The van der Waals surface area contributed by atoms with E-state index in [2.05, 4.69) is 0 Å². The van der Waals surface area contributed by atoms with E-state index < -0.39 is 24.0 Å². The van der Waals surface area contributed by atoms with E-state index in [-0.39, 0.29) is 5.56 Å². The van der Waals surface area contributed by atoms with Gasteiger partial charge < -0.3 is 5.11 Å². The number of halogens is 4. The van der Waals surface area contributed by atoms with Gasteiger partial charge in [-0.15, -0.1) is 0 Å². The minimum absolute atomic E-state index is 0.134. The first kappa shape index (κ1) is 12.5. The molecule has 0 aromatic heterocycles. The normalized spacial score (nSPS) is 11.9. The Balaban J connectivity index is 3.18. The number of benzene rings is 1. The molecule has 0 heterocycles.